The summed E-state index contributed by atoms with van der Waals surface area (Å²) in [5, 5.41) is 21.9. The van der Waals surface area contributed by atoms with Crippen LogP contribution in [-0.2, 0) is 9.22 Å². The number of carboxylic acid groups (broad SMARTS) is 1. The molecule has 2 aromatic rings. The molecule has 2 aromatic carbocycles. The van der Waals surface area contributed by atoms with Crippen molar-refractivity contribution in [2.75, 3.05) is 0 Å². The molecule has 2 atom stereocenters. The van der Waals surface area contributed by atoms with Crippen molar-refractivity contribution < 1.29 is 19.4 Å². The zero-order valence-electron chi connectivity index (χ0n) is 18.4. The van der Waals surface area contributed by atoms with E-state index in [1.807, 2.05) is 56.3 Å². The third-order valence-corrected chi connectivity index (χ3v) is 6.51. The van der Waals surface area contributed by atoms with Crippen molar-refractivity contribution in [3.63, 3.8) is 0 Å². The first-order valence-electron chi connectivity index (χ1n) is 9.85. The number of carboxylic acids is 1. The van der Waals surface area contributed by atoms with E-state index in [9.17, 15) is 15.0 Å². The Morgan fingerprint density at radius 3 is 2.21 bits per heavy atom. The fourth-order valence-electron chi connectivity index (χ4n) is 2.83. The number of aliphatic hydroxyl groups is 1. The molecule has 156 valence electrons. The minimum Gasteiger partial charge on any atom is -0.481 e. The van der Waals surface area contributed by atoms with Crippen molar-refractivity contribution >= 4 is 32.6 Å². The van der Waals surface area contributed by atoms with Crippen LogP contribution in [0.5, 0.6) is 0 Å². The molecule has 0 aliphatic carbocycles. The van der Waals surface area contributed by atoms with Crippen LogP contribution in [0, 0.1) is 5.41 Å². The van der Waals surface area contributed by atoms with E-state index in [1.54, 1.807) is 19.9 Å². The van der Waals surface area contributed by atoms with E-state index in [0.29, 0.717) is 0 Å². The largest absolute Gasteiger partial charge is 0.481 e. The smallest absolute Gasteiger partial charge is 0.316 e. The lowest BCUT2D eigenvalue weighted by atomic mass is 9.75. The average Bonchev–Trinajstić information content (AvgIpc) is 2.62. The molecule has 0 fully saturated rings. The maximum atomic E-state index is 12.2. The van der Waals surface area contributed by atoms with Crippen molar-refractivity contribution in [2.45, 2.75) is 65.2 Å². The van der Waals surface area contributed by atoms with Gasteiger partial charge in [-0.25, -0.2) is 0 Å². The molecule has 0 bridgehead atoms. The maximum absolute atomic E-state index is 12.2. The number of aliphatic carboxylic acids is 1. The van der Waals surface area contributed by atoms with Crippen molar-refractivity contribution in [1.29, 1.82) is 0 Å². The van der Waals surface area contributed by atoms with E-state index in [1.165, 1.54) is 0 Å². The summed E-state index contributed by atoms with van der Waals surface area (Å²) in [5.74, 6) is -0.922. The van der Waals surface area contributed by atoms with Gasteiger partial charge in [-0.05, 0) is 66.8 Å². The van der Waals surface area contributed by atoms with E-state index < -0.39 is 23.1 Å². The Balaban J connectivity index is 2.37. The number of hydrogen-bond donors (Lipinski definition) is 2. The molecule has 0 saturated carbocycles. The van der Waals surface area contributed by atoms with Crippen molar-refractivity contribution in [3.05, 3.63) is 53.6 Å². The van der Waals surface area contributed by atoms with E-state index in [2.05, 4.69) is 20.8 Å². The van der Waals surface area contributed by atoms with Gasteiger partial charge in [-0.1, -0.05) is 57.2 Å². The standard InChI is InChI=1S/C24H32O4Si/c1-16(25)19-11-10-18-9-8-17(14-20(18)15-19)12-13-24(7,21(26)27)23(5,6)28-29-22(2,3)4/h8-16,25H,1-7H3,(H,26,27)/b13-12+/t16-,24+/m1/s1. The monoisotopic (exact) mass is 412 g/mol. The van der Waals surface area contributed by atoms with Crippen molar-refractivity contribution in [3.8, 4) is 0 Å². The second-order valence-electron chi connectivity index (χ2n) is 9.35. The lowest BCUT2D eigenvalue weighted by Gasteiger charge is -2.40. The number of aliphatic hydroxyl groups excluding tert-OH is 1. The molecule has 0 aliphatic rings. The minimum absolute atomic E-state index is 0.0275. The normalized spacial score (nSPS) is 16.1. The average molecular weight is 413 g/mol. The third-order valence-electron chi connectivity index (χ3n) is 5.29. The molecule has 0 amide bonds. The quantitative estimate of drug-likeness (QED) is 0.578. The molecule has 0 spiro atoms. The first-order valence-corrected chi connectivity index (χ1v) is 10.8. The van der Waals surface area contributed by atoms with Gasteiger partial charge in [0.15, 0.2) is 0 Å². The summed E-state index contributed by atoms with van der Waals surface area (Å²) in [7, 11) is 0.192. The topological polar surface area (TPSA) is 66.8 Å². The van der Waals surface area contributed by atoms with Gasteiger partial charge in [0, 0.05) is 0 Å². The Hall–Kier alpha value is -1.95. The summed E-state index contributed by atoms with van der Waals surface area (Å²) in [5.41, 5.74) is -0.313. The maximum Gasteiger partial charge on any atom is 0.316 e. The summed E-state index contributed by atoms with van der Waals surface area (Å²) in [6.45, 7) is 13.3. The molecule has 2 rings (SSSR count). The molecule has 2 radical (unpaired) electrons. The molecule has 0 aliphatic heterocycles. The van der Waals surface area contributed by atoms with Gasteiger partial charge in [0.05, 0.1) is 11.7 Å². The van der Waals surface area contributed by atoms with E-state index in [0.717, 1.165) is 21.9 Å². The highest BCUT2D eigenvalue weighted by molar-refractivity contribution is 6.31. The molecule has 0 heterocycles. The fraction of sp³-hybridized carbons (Fsp3) is 0.458. The molecule has 0 saturated heterocycles. The molecule has 5 heteroatoms. The summed E-state index contributed by atoms with van der Waals surface area (Å²) >= 11 is 0. The van der Waals surface area contributed by atoms with Gasteiger partial charge in [0.1, 0.15) is 5.41 Å². The van der Waals surface area contributed by atoms with Crippen molar-refractivity contribution in [2.24, 2.45) is 5.41 Å². The van der Waals surface area contributed by atoms with E-state index in [-0.39, 0.29) is 14.8 Å². The van der Waals surface area contributed by atoms with Crippen LogP contribution in [0.3, 0.4) is 0 Å². The summed E-state index contributed by atoms with van der Waals surface area (Å²) < 4.78 is 6.09. The number of rotatable bonds is 7. The molecule has 2 N–H and O–H groups in total. The summed E-state index contributed by atoms with van der Waals surface area (Å²) in [6, 6.07) is 11.8. The Morgan fingerprint density at radius 1 is 1.03 bits per heavy atom. The lowest BCUT2D eigenvalue weighted by Crippen LogP contribution is -2.49. The molecule has 0 aromatic heterocycles. The number of benzene rings is 2. The minimum atomic E-state index is -1.19. The summed E-state index contributed by atoms with van der Waals surface area (Å²) in [4.78, 5) is 12.2. The highest BCUT2D eigenvalue weighted by atomic mass is 28.2. The van der Waals surface area contributed by atoms with E-state index >= 15 is 0 Å². The van der Waals surface area contributed by atoms with Gasteiger partial charge in [0.2, 0.25) is 9.76 Å². The third kappa shape index (κ3) is 5.56. The zero-order valence-corrected chi connectivity index (χ0v) is 19.4. The molecule has 29 heavy (non-hydrogen) atoms. The second kappa shape index (κ2) is 8.42. The predicted octanol–water partition coefficient (Wildman–Crippen LogP) is 5.63. The molecular formula is C24H32O4Si. The van der Waals surface area contributed by atoms with Gasteiger partial charge < -0.3 is 14.6 Å². The fourth-order valence-corrected chi connectivity index (χ4v) is 3.60. The van der Waals surface area contributed by atoms with Crippen LogP contribution in [0.15, 0.2) is 42.5 Å². The SMILES string of the molecule is C[C@@H](O)c1ccc2ccc(/C=C/[C@@](C)(C(=O)O)C(C)(C)O[Si]C(C)(C)C)cc2c1. The number of fused-ring (bicyclic) bond motifs is 1. The Bertz CT molecular complexity index is 909. The van der Waals surface area contributed by atoms with Crippen LogP contribution in [0.4, 0.5) is 0 Å². The predicted molar refractivity (Wildman–Crippen MR) is 120 cm³/mol. The van der Waals surface area contributed by atoms with Gasteiger partial charge >= 0.3 is 5.97 Å². The van der Waals surface area contributed by atoms with Crippen LogP contribution in [0.2, 0.25) is 5.04 Å². The summed E-state index contributed by atoms with van der Waals surface area (Å²) in [6.07, 6.45) is 3.03. The highest BCUT2D eigenvalue weighted by Crippen LogP contribution is 2.38. The highest BCUT2D eigenvalue weighted by Gasteiger charge is 2.47. The number of hydrogen-bond acceptors (Lipinski definition) is 3. The van der Waals surface area contributed by atoms with E-state index in [4.69, 9.17) is 4.43 Å². The molecule has 4 nitrogen and oxygen atoms in total. The van der Waals surface area contributed by atoms with Gasteiger partial charge in [0.25, 0.3) is 0 Å². The van der Waals surface area contributed by atoms with Gasteiger partial charge in [-0.2, -0.15) is 0 Å². The van der Waals surface area contributed by atoms with Crippen LogP contribution in [0.1, 0.15) is 65.7 Å². The van der Waals surface area contributed by atoms with Crippen LogP contribution >= 0.6 is 0 Å². The Kier molecular flexibility index (Phi) is 6.77. The van der Waals surface area contributed by atoms with Crippen LogP contribution in [0.25, 0.3) is 16.8 Å². The Morgan fingerprint density at radius 2 is 1.66 bits per heavy atom. The van der Waals surface area contributed by atoms with Crippen molar-refractivity contribution in [1.82, 2.24) is 0 Å². The first kappa shape index (κ1) is 23.3. The van der Waals surface area contributed by atoms with Crippen LogP contribution < -0.4 is 0 Å². The Labute approximate surface area is 176 Å². The van der Waals surface area contributed by atoms with Crippen LogP contribution in [-0.4, -0.2) is 31.5 Å². The van der Waals surface area contributed by atoms with Gasteiger partial charge in [-0.15, -0.1) is 0 Å². The van der Waals surface area contributed by atoms with Gasteiger partial charge in [-0.3, -0.25) is 4.79 Å². The molecule has 0 unspecified atom stereocenters. The molecular weight excluding hydrogens is 380 g/mol. The first-order chi connectivity index (χ1) is 13.2. The second-order valence-corrected chi connectivity index (χ2v) is 11.3. The number of carbonyl (C=O) groups is 1. The zero-order chi connectivity index (χ0) is 22.0. The lowest BCUT2D eigenvalue weighted by molar-refractivity contribution is -0.154.